The standard InChI is InChI=1S/C17H27NO3/c1-6-18-15(17(19)20-5)9-10-21-16-11-14(12(2)3)8-7-13(16)4/h7-8,11-12,15,18H,6,9-10H2,1-5H3. The minimum atomic E-state index is -0.311. The van der Waals surface area contributed by atoms with Crippen molar-refractivity contribution in [3.63, 3.8) is 0 Å². The van der Waals surface area contributed by atoms with Gasteiger partial charge in [-0.1, -0.05) is 32.9 Å². The van der Waals surface area contributed by atoms with Gasteiger partial charge in [-0.3, -0.25) is 4.79 Å². The lowest BCUT2D eigenvalue weighted by atomic mass is 10.0. The highest BCUT2D eigenvalue weighted by molar-refractivity contribution is 5.75. The molecule has 0 bridgehead atoms. The van der Waals surface area contributed by atoms with Crippen LogP contribution in [0.3, 0.4) is 0 Å². The molecule has 1 aromatic rings. The second kappa shape index (κ2) is 8.67. The summed E-state index contributed by atoms with van der Waals surface area (Å²) in [6, 6.07) is 5.98. The van der Waals surface area contributed by atoms with Crippen LogP contribution in [0.1, 0.15) is 44.2 Å². The minimum absolute atomic E-state index is 0.242. The zero-order valence-corrected chi connectivity index (χ0v) is 13.7. The molecule has 4 nitrogen and oxygen atoms in total. The largest absolute Gasteiger partial charge is 0.493 e. The number of carbonyl (C=O) groups excluding carboxylic acids is 1. The molecule has 0 saturated heterocycles. The number of aryl methyl sites for hydroxylation is 1. The van der Waals surface area contributed by atoms with Crippen molar-refractivity contribution >= 4 is 5.97 Å². The first kappa shape index (κ1) is 17.5. The third-order valence-corrected chi connectivity index (χ3v) is 3.48. The monoisotopic (exact) mass is 293 g/mol. The molecule has 0 aliphatic carbocycles. The Bertz CT molecular complexity index is 457. The lowest BCUT2D eigenvalue weighted by Gasteiger charge is -2.17. The molecule has 0 fully saturated rings. The first-order valence-corrected chi connectivity index (χ1v) is 7.54. The van der Waals surface area contributed by atoms with Gasteiger partial charge in [0.25, 0.3) is 0 Å². The molecule has 1 aromatic carbocycles. The topological polar surface area (TPSA) is 47.6 Å². The van der Waals surface area contributed by atoms with Crippen molar-refractivity contribution in [3.8, 4) is 5.75 Å². The summed E-state index contributed by atoms with van der Waals surface area (Å²) in [5, 5.41) is 3.11. The van der Waals surface area contributed by atoms with Crippen LogP contribution in [-0.4, -0.2) is 32.3 Å². The van der Waals surface area contributed by atoms with Gasteiger partial charge in [0, 0.05) is 6.42 Å². The molecule has 0 spiro atoms. The van der Waals surface area contributed by atoms with Crippen LogP contribution in [0.5, 0.6) is 5.75 Å². The molecule has 1 atom stereocenters. The van der Waals surface area contributed by atoms with E-state index >= 15 is 0 Å². The van der Waals surface area contributed by atoms with E-state index in [1.54, 1.807) is 0 Å². The fourth-order valence-electron chi connectivity index (χ4n) is 2.11. The minimum Gasteiger partial charge on any atom is -0.493 e. The van der Waals surface area contributed by atoms with Crippen LogP contribution in [0, 0.1) is 6.92 Å². The first-order chi connectivity index (χ1) is 9.99. The van der Waals surface area contributed by atoms with Crippen molar-refractivity contribution in [3.05, 3.63) is 29.3 Å². The van der Waals surface area contributed by atoms with Gasteiger partial charge < -0.3 is 14.8 Å². The zero-order valence-electron chi connectivity index (χ0n) is 13.7. The number of hydrogen-bond donors (Lipinski definition) is 1. The molecule has 0 aromatic heterocycles. The SMILES string of the molecule is CCNC(CCOc1cc(C(C)C)ccc1C)C(=O)OC. The number of nitrogens with one attached hydrogen (secondary N) is 1. The maximum Gasteiger partial charge on any atom is 0.322 e. The van der Waals surface area contributed by atoms with E-state index in [1.807, 2.05) is 13.8 Å². The van der Waals surface area contributed by atoms with Crippen LogP contribution in [0.4, 0.5) is 0 Å². The average Bonchev–Trinajstić information content (AvgIpc) is 2.47. The fraction of sp³-hybridized carbons (Fsp3) is 0.588. The number of methoxy groups -OCH3 is 1. The lowest BCUT2D eigenvalue weighted by molar-refractivity contribution is -0.143. The molecular weight excluding hydrogens is 266 g/mol. The molecule has 1 unspecified atom stereocenters. The fourth-order valence-corrected chi connectivity index (χ4v) is 2.11. The van der Waals surface area contributed by atoms with Crippen molar-refractivity contribution in [2.45, 2.75) is 46.1 Å². The molecule has 1 N–H and O–H groups in total. The van der Waals surface area contributed by atoms with Gasteiger partial charge in [-0.2, -0.15) is 0 Å². The van der Waals surface area contributed by atoms with Gasteiger partial charge in [0.2, 0.25) is 0 Å². The lowest BCUT2D eigenvalue weighted by Crippen LogP contribution is -2.38. The molecule has 4 heteroatoms. The molecule has 0 heterocycles. The van der Waals surface area contributed by atoms with Gasteiger partial charge in [-0.15, -0.1) is 0 Å². The van der Waals surface area contributed by atoms with Crippen LogP contribution in [-0.2, 0) is 9.53 Å². The third kappa shape index (κ3) is 5.38. The van der Waals surface area contributed by atoms with E-state index in [0.29, 0.717) is 18.9 Å². The van der Waals surface area contributed by atoms with Crippen molar-refractivity contribution in [1.82, 2.24) is 5.32 Å². The molecule has 118 valence electrons. The van der Waals surface area contributed by atoms with Crippen LogP contribution < -0.4 is 10.1 Å². The Morgan fingerprint density at radius 3 is 2.62 bits per heavy atom. The second-order valence-corrected chi connectivity index (χ2v) is 5.45. The number of esters is 1. The van der Waals surface area contributed by atoms with Crippen LogP contribution in [0.15, 0.2) is 18.2 Å². The van der Waals surface area contributed by atoms with Gasteiger partial charge in [-0.25, -0.2) is 0 Å². The van der Waals surface area contributed by atoms with Gasteiger partial charge in [0.1, 0.15) is 11.8 Å². The Balaban J connectivity index is 2.61. The predicted molar refractivity (Wildman–Crippen MR) is 84.9 cm³/mol. The highest BCUT2D eigenvalue weighted by Crippen LogP contribution is 2.24. The Hall–Kier alpha value is -1.55. The van der Waals surface area contributed by atoms with Crippen LogP contribution >= 0.6 is 0 Å². The van der Waals surface area contributed by atoms with Gasteiger partial charge >= 0.3 is 5.97 Å². The van der Waals surface area contributed by atoms with Gasteiger partial charge in [-0.05, 0) is 36.6 Å². The van der Waals surface area contributed by atoms with E-state index in [0.717, 1.165) is 17.9 Å². The van der Waals surface area contributed by atoms with E-state index in [4.69, 9.17) is 9.47 Å². The Morgan fingerprint density at radius 1 is 1.33 bits per heavy atom. The summed E-state index contributed by atoms with van der Waals surface area (Å²) in [4.78, 5) is 11.6. The summed E-state index contributed by atoms with van der Waals surface area (Å²) in [6.45, 7) is 9.52. The smallest absolute Gasteiger partial charge is 0.322 e. The maximum absolute atomic E-state index is 11.6. The molecule has 1 rings (SSSR count). The van der Waals surface area contributed by atoms with E-state index < -0.39 is 0 Å². The summed E-state index contributed by atoms with van der Waals surface area (Å²) in [7, 11) is 1.41. The Kier molecular flexibility index (Phi) is 7.23. The summed E-state index contributed by atoms with van der Waals surface area (Å²) in [5.41, 5.74) is 2.37. The molecule has 0 amide bonds. The average molecular weight is 293 g/mol. The maximum atomic E-state index is 11.6. The Morgan fingerprint density at radius 2 is 2.05 bits per heavy atom. The molecule has 0 aliphatic rings. The normalized spacial score (nSPS) is 12.3. The quantitative estimate of drug-likeness (QED) is 0.748. The van der Waals surface area contributed by atoms with Gasteiger partial charge in [0.15, 0.2) is 0 Å². The molecular formula is C17H27NO3. The molecule has 0 saturated carbocycles. The van der Waals surface area contributed by atoms with E-state index in [-0.39, 0.29) is 12.0 Å². The van der Waals surface area contributed by atoms with Gasteiger partial charge in [0.05, 0.1) is 13.7 Å². The Labute approximate surface area is 127 Å². The second-order valence-electron chi connectivity index (χ2n) is 5.45. The molecule has 0 aliphatic heterocycles. The third-order valence-electron chi connectivity index (χ3n) is 3.48. The number of rotatable bonds is 8. The first-order valence-electron chi connectivity index (χ1n) is 7.54. The number of ether oxygens (including phenoxy) is 2. The summed E-state index contributed by atoms with van der Waals surface area (Å²) < 4.78 is 10.6. The number of hydrogen-bond acceptors (Lipinski definition) is 4. The molecule has 21 heavy (non-hydrogen) atoms. The zero-order chi connectivity index (χ0) is 15.8. The number of likely N-dealkylation sites (N-methyl/N-ethyl adjacent to an activating group) is 1. The number of carbonyl (C=O) groups is 1. The predicted octanol–water partition coefficient (Wildman–Crippen LogP) is 3.04. The van der Waals surface area contributed by atoms with Crippen LogP contribution in [0.2, 0.25) is 0 Å². The van der Waals surface area contributed by atoms with Crippen molar-refractivity contribution in [1.29, 1.82) is 0 Å². The van der Waals surface area contributed by atoms with Crippen molar-refractivity contribution < 1.29 is 14.3 Å². The van der Waals surface area contributed by atoms with Crippen molar-refractivity contribution in [2.75, 3.05) is 20.3 Å². The van der Waals surface area contributed by atoms with E-state index in [1.165, 1.54) is 12.7 Å². The van der Waals surface area contributed by atoms with Crippen LogP contribution in [0.25, 0.3) is 0 Å². The highest BCUT2D eigenvalue weighted by Gasteiger charge is 2.17. The summed E-state index contributed by atoms with van der Waals surface area (Å²) >= 11 is 0. The molecule has 0 radical (unpaired) electrons. The van der Waals surface area contributed by atoms with Crippen molar-refractivity contribution in [2.24, 2.45) is 0 Å². The highest BCUT2D eigenvalue weighted by atomic mass is 16.5. The summed E-state index contributed by atoms with van der Waals surface area (Å²) in [5.74, 6) is 1.12. The summed E-state index contributed by atoms with van der Waals surface area (Å²) in [6.07, 6.45) is 0.589. The van der Waals surface area contributed by atoms with E-state index in [2.05, 4.69) is 37.4 Å². The van der Waals surface area contributed by atoms with E-state index in [9.17, 15) is 4.79 Å². The number of benzene rings is 1.